The minimum Gasteiger partial charge on any atom is -0.314 e. The standard InChI is InChI=1S/C13H27N/c1-5-14-13-7-6-11(4)8-12(9-13)10(2)3/h10-14H,5-9H2,1-4H3. The summed E-state index contributed by atoms with van der Waals surface area (Å²) in [4.78, 5) is 0. The second-order valence-corrected chi connectivity index (χ2v) is 5.41. The molecular weight excluding hydrogens is 170 g/mol. The van der Waals surface area contributed by atoms with E-state index in [4.69, 9.17) is 0 Å². The molecule has 0 aromatic rings. The zero-order valence-electron chi connectivity index (χ0n) is 10.3. The van der Waals surface area contributed by atoms with Gasteiger partial charge in [0, 0.05) is 6.04 Å². The minimum absolute atomic E-state index is 0.789. The Bertz CT molecular complexity index is 153. The van der Waals surface area contributed by atoms with Crippen LogP contribution in [0.15, 0.2) is 0 Å². The highest BCUT2D eigenvalue weighted by atomic mass is 14.9. The Morgan fingerprint density at radius 2 is 1.93 bits per heavy atom. The highest BCUT2D eigenvalue weighted by Gasteiger charge is 2.24. The van der Waals surface area contributed by atoms with E-state index in [1.165, 1.54) is 25.7 Å². The Kier molecular flexibility index (Phi) is 4.94. The molecule has 0 aliphatic heterocycles. The van der Waals surface area contributed by atoms with Gasteiger partial charge in [0.15, 0.2) is 0 Å². The van der Waals surface area contributed by atoms with Crippen LogP contribution in [0.4, 0.5) is 0 Å². The fraction of sp³-hybridized carbons (Fsp3) is 1.00. The summed E-state index contributed by atoms with van der Waals surface area (Å²) in [6, 6.07) is 0.789. The molecule has 1 aliphatic carbocycles. The second-order valence-electron chi connectivity index (χ2n) is 5.41. The van der Waals surface area contributed by atoms with E-state index in [0.29, 0.717) is 0 Å². The first kappa shape index (κ1) is 12.0. The van der Waals surface area contributed by atoms with Crippen LogP contribution in [0.25, 0.3) is 0 Å². The van der Waals surface area contributed by atoms with Crippen molar-refractivity contribution in [3.05, 3.63) is 0 Å². The number of hydrogen-bond donors (Lipinski definition) is 1. The highest BCUT2D eigenvalue weighted by molar-refractivity contribution is 4.79. The van der Waals surface area contributed by atoms with E-state index in [-0.39, 0.29) is 0 Å². The van der Waals surface area contributed by atoms with E-state index in [1.54, 1.807) is 0 Å². The van der Waals surface area contributed by atoms with Crippen molar-refractivity contribution >= 4 is 0 Å². The van der Waals surface area contributed by atoms with Crippen LogP contribution in [0.2, 0.25) is 0 Å². The van der Waals surface area contributed by atoms with Crippen LogP contribution in [-0.4, -0.2) is 12.6 Å². The molecule has 84 valence electrons. The molecule has 1 rings (SSSR count). The van der Waals surface area contributed by atoms with Gasteiger partial charge in [0.2, 0.25) is 0 Å². The van der Waals surface area contributed by atoms with Gasteiger partial charge < -0.3 is 5.32 Å². The Morgan fingerprint density at radius 3 is 2.50 bits per heavy atom. The van der Waals surface area contributed by atoms with Crippen molar-refractivity contribution in [1.29, 1.82) is 0 Å². The predicted molar refractivity (Wildman–Crippen MR) is 63.4 cm³/mol. The molecule has 0 aromatic heterocycles. The lowest BCUT2D eigenvalue weighted by molar-refractivity contribution is 0.291. The van der Waals surface area contributed by atoms with E-state index in [9.17, 15) is 0 Å². The third-order valence-corrected chi connectivity index (χ3v) is 3.74. The Morgan fingerprint density at radius 1 is 1.21 bits per heavy atom. The SMILES string of the molecule is CCNC1CCC(C)CC(C(C)C)C1. The van der Waals surface area contributed by atoms with Crippen LogP contribution in [0.1, 0.15) is 53.4 Å². The van der Waals surface area contributed by atoms with Gasteiger partial charge in [-0.3, -0.25) is 0 Å². The van der Waals surface area contributed by atoms with Gasteiger partial charge in [-0.1, -0.05) is 27.7 Å². The second kappa shape index (κ2) is 5.75. The van der Waals surface area contributed by atoms with Gasteiger partial charge in [-0.2, -0.15) is 0 Å². The summed E-state index contributed by atoms with van der Waals surface area (Å²) in [6.45, 7) is 10.5. The molecule has 14 heavy (non-hydrogen) atoms. The molecule has 0 radical (unpaired) electrons. The minimum atomic E-state index is 0.789. The van der Waals surface area contributed by atoms with Gasteiger partial charge in [-0.15, -0.1) is 0 Å². The summed E-state index contributed by atoms with van der Waals surface area (Å²) < 4.78 is 0. The fourth-order valence-electron chi connectivity index (χ4n) is 2.72. The lowest BCUT2D eigenvalue weighted by atomic mass is 9.85. The summed E-state index contributed by atoms with van der Waals surface area (Å²) in [6.07, 6.45) is 5.65. The molecule has 1 aliphatic rings. The van der Waals surface area contributed by atoms with Crippen molar-refractivity contribution in [2.45, 2.75) is 59.4 Å². The third-order valence-electron chi connectivity index (χ3n) is 3.74. The zero-order valence-corrected chi connectivity index (χ0v) is 10.3. The van der Waals surface area contributed by atoms with Crippen molar-refractivity contribution in [3.8, 4) is 0 Å². The molecule has 0 spiro atoms. The molecule has 0 heterocycles. The van der Waals surface area contributed by atoms with Gasteiger partial charge >= 0.3 is 0 Å². The third kappa shape index (κ3) is 3.61. The normalized spacial score (nSPS) is 34.5. The molecule has 0 bridgehead atoms. The van der Waals surface area contributed by atoms with Crippen LogP contribution in [-0.2, 0) is 0 Å². The average molecular weight is 197 g/mol. The number of rotatable bonds is 3. The van der Waals surface area contributed by atoms with E-state index in [2.05, 4.69) is 33.0 Å². The first-order chi connectivity index (χ1) is 6.63. The van der Waals surface area contributed by atoms with Crippen LogP contribution in [0.3, 0.4) is 0 Å². The van der Waals surface area contributed by atoms with Crippen molar-refractivity contribution in [2.75, 3.05) is 6.54 Å². The van der Waals surface area contributed by atoms with Crippen molar-refractivity contribution < 1.29 is 0 Å². The smallest absolute Gasteiger partial charge is 0.00697 e. The summed E-state index contributed by atoms with van der Waals surface area (Å²) in [5, 5.41) is 3.63. The van der Waals surface area contributed by atoms with Crippen LogP contribution < -0.4 is 5.32 Å². The lowest BCUT2D eigenvalue weighted by Crippen LogP contribution is -2.30. The van der Waals surface area contributed by atoms with Gasteiger partial charge in [-0.05, 0) is 50.0 Å². The number of hydrogen-bond acceptors (Lipinski definition) is 1. The Balaban J connectivity index is 2.50. The molecular formula is C13H27N. The summed E-state index contributed by atoms with van der Waals surface area (Å²) in [7, 11) is 0. The van der Waals surface area contributed by atoms with Gasteiger partial charge in [0.1, 0.15) is 0 Å². The maximum absolute atomic E-state index is 3.63. The average Bonchev–Trinajstić information content (AvgIpc) is 2.29. The zero-order chi connectivity index (χ0) is 10.6. The van der Waals surface area contributed by atoms with Gasteiger partial charge in [-0.25, -0.2) is 0 Å². The summed E-state index contributed by atoms with van der Waals surface area (Å²) in [5.41, 5.74) is 0. The van der Waals surface area contributed by atoms with Gasteiger partial charge in [0.25, 0.3) is 0 Å². The number of nitrogens with one attached hydrogen (secondary N) is 1. The topological polar surface area (TPSA) is 12.0 Å². The van der Waals surface area contributed by atoms with Crippen molar-refractivity contribution in [3.63, 3.8) is 0 Å². The predicted octanol–water partition coefficient (Wildman–Crippen LogP) is 3.45. The largest absolute Gasteiger partial charge is 0.314 e. The fourth-order valence-corrected chi connectivity index (χ4v) is 2.72. The first-order valence-electron chi connectivity index (χ1n) is 6.36. The maximum atomic E-state index is 3.63. The van der Waals surface area contributed by atoms with Crippen LogP contribution in [0.5, 0.6) is 0 Å². The molecule has 1 N–H and O–H groups in total. The first-order valence-corrected chi connectivity index (χ1v) is 6.36. The Labute approximate surface area is 89.7 Å². The molecule has 1 heteroatoms. The molecule has 0 amide bonds. The molecule has 3 atom stereocenters. The molecule has 0 aromatic carbocycles. The van der Waals surface area contributed by atoms with E-state index < -0.39 is 0 Å². The molecule has 1 saturated carbocycles. The quantitative estimate of drug-likeness (QED) is 0.683. The Hall–Kier alpha value is -0.0400. The maximum Gasteiger partial charge on any atom is 0.00697 e. The lowest BCUT2D eigenvalue weighted by Gasteiger charge is -2.24. The van der Waals surface area contributed by atoms with E-state index >= 15 is 0 Å². The van der Waals surface area contributed by atoms with Crippen molar-refractivity contribution in [1.82, 2.24) is 5.32 Å². The molecule has 3 unspecified atom stereocenters. The summed E-state index contributed by atoms with van der Waals surface area (Å²) >= 11 is 0. The van der Waals surface area contributed by atoms with E-state index in [0.717, 1.165) is 30.3 Å². The highest BCUT2D eigenvalue weighted by Crippen LogP contribution is 2.32. The van der Waals surface area contributed by atoms with Crippen molar-refractivity contribution in [2.24, 2.45) is 17.8 Å². The monoisotopic (exact) mass is 197 g/mol. The van der Waals surface area contributed by atoms with Crippen LogP contribution >= 0.6 is 0 Å². The van der Waals surface area contributed by atoms with Gasteiger partial charge in [0.05, 0.1) is 0 Å². The molecule has 1 nitrogen and oxygen atoms in total. The molecule has 1 fully saturated rings. The molecule has 0 saturated heterocycles. The summed E-state index contributed by atoms with van der Waals surface area (Å²) in [5.74, 6) is 2.74. The van der Waals surface area contributed by atoms with Crippen LogP contribution in [0, 0.1) is 17.8 Å². The van der Waals surface area contributed by atoms with E-state index in [1.807, 2.05) is 0 Å².